The minimum atomic E-state index is -1.36. The van der Waals surface area contributed by atoms with Crippen LogP contribution >= 0.6 is 0 Å². The van der Waals surface area contributed by atoms with E-state index in [4.69, 9.17) is 8.85 Å². The van der Waals surface area contributed by atoms with Gasteiger partial charge in [0.05, 0.1) is 9.52 Å². The van der Waals surface area contributed by atoms with Crippen molar-refractivity contribution in [3.63, 3.8) is 0 Å². The van der Waals surface area contributed by atoms with Crippen molar-refractivity contribution in [1.82, 2.24) is 0 Å². The maximum Gasteiger partial charge on any atom is 0.183 e. The molecule has 0 fully saturated rings. The Balaban J connectivity index is 4.11. The van der Waals surface area contributed by atoms with Crippen molar-refractivity contribution in [2.24, 2.45) is 0 Å². The Kier molecular flexibility index (Phi) is 12.3. The number of hydrogen-bond acceptors (Lipinski definition) is 2. The van der Waals surface area contributed by atoms with Gasteiger partial charge in [-0.05, 0) is 58.2 Å². The van der Waals surface area contributed by atoms with Crippen LogP contribution in [0.3, 0.4) is 0 Å². The summed E-state index contributed by atoms with van der Waals surface area (Å²) in [4.78, 5) is 0. The largest absolute Gasteiger partial charge is 0.421 e. The van der Waals surface area contributed by atoms with E-state index in [1.165, 1.54) is 31.7 Å². The first-order valence-corrected chi connectivity index (χ1v) is 18.0. The summed E-state index contributed by atoms with van der Waals surface area (Å²) in [6.45, 7) is 15.9. The fourth-order valence-electron chi connectivity index (χ4n) is 1.70. The van der Waals surface area contributed by atoms with Gasteiger partial charge in [-0.1, -0.05) is 31.0 Å². The molecule has 0 saturated carbocycles. The van der Waals surface area contributed by atoms with Crippen LogP contribution in [-0.4, -0.2) is 48.1 Å². The molecule has 0 aromatic rings. The Labute approximate surface area is 146 Å². The van der Waals surface area contributed by atoms with E-state index in [1.54, 1.807) is 5.20 Å². The predicted octanol–water partition coefficient (Wildman–Crippen LogP) is 4.90. The third-order valence-corrected chi connectivity index (χ3v) is 7.59. The molecule has 0 amide bonds. The molecule has 0 atom stereocenters. The molecule has 0 aromatic heterocycles. The predicted molar refractivity (Wildman–Crippen MR) is 107 cm³/mol. The van der Waals surface area contributed by atoms with E-state index in [0.29, 0.717) is 0 Å². The summed E-state index contributed by atoms with van der Waals surface area (Å²) in [6, 6.07) is 1.19. The standard InChI is InChI=1S/C16H36O2Si4/c1-8-9-10-11-16(20-15-18-22(5,6)7)12-13-19-14-17-21(2,3)4/h12H,8-11,13-15H2,1-7H3. The summed E-state index contributed by atoms with van der Waals surface area (Å²) < 4.78 is 12.0. The second-order valence-corrected chi connectivity index (χ2v) is 19.1. The fourth-order valence-corrected chi connectivity index (χ4v) is 7.35. The van der Waals surface area contributed by atoms with Gasteiger partial charge in [-0.2, -0.15) is 0 Å². The van der Waals surface area contributed by atoms with Crippen molar-refractivity contribution in [3.8, 4) is 0 Å². The van der Waals surface area contributed by atoms with Crippen LogP contribution in [0.15, 0.2) is 11.3 Å². The molecule has 0 rings (SSSR count). The molecule has 0 aliphatic rings. The SMILES string of the molecule is CCCCCC(=CC[Si]CO[Si](C)(C)C)[Si]CO[Si](C)(C)C. The van der Waals surface area contributed by atoms with Gasteiger partial charge in [0.2, 0.25) is 0 Å². The van der Waals surface area contributed by atoms with Crippen LogP contribution in [0.1, 0.15) is 32.6 Å². The monoisotopic (exact) mass is 372 g/mol. The molecule has 0 aliphatic carbocycles. The van der Waals surface area contributed by atoms with Gasteiger partial charge in [-0.25, -0.2) is 0 Å². The zero-order chi connectivity index (χ0) is 17.1. The Morgan fingerprint density at radius 1 is 0.909 bits per heavy atom. The second-order valence-electron chi connectivity index (χ2n) is 7.62. The summed E-state index contributed by atoms with van der Waals surface area (Å²) in [5.41, 5.74) is 0. The van der Waals surface area contributed by atoms with Gasteiger partial charge < -0.3 is 8.85 Å². The van der Waals surface area contributed by atoms with Crippen LogP contribution in [0.5, 0.6) is 0 Å². The highest BCUT2D eigenvalue weighted by molar-refractivity contribution is 6.70. The molecule has 0 N–H and O–H groups in total. The van der Waals surface area contributed by atoms with Crippen LogP contribution < -0.4 is 0 Å². The molecule has 128 valence electrons. The lowest BCUT2D eigenvalue weighted by Gasteiger charge is -2.18. The average Bonchev–Trinajstić information content (AvgIpc) is 2.35. The Bertz CT molecular complexity index is 306. The molecule has 4 radical (unpaired) electrons. The van der Waals surface area contributed by atoms with E-state index in [2.05, 4.69) is 52.3 Å². The lowest BCUT2D eigenvalue weighted by atomic mass is 10.2. The van der Waals surface area contributed by atoms with Gasteiger partial charge in [0.25, 0.3) is 0 Å². The minimum Gasteiger partial charge on any atom is -0.421 e. The lowest BCUT2D eigenvalue weighted by Crippen LogP contribution is -2.28. The van der Waals surface area contributed by atoms with Crippen LogP contribution in [-0.2, 0) is 8.85 Å². The van der Waals surface area contributed by atoms with E-state index in [0.717, 1.165) is 31.5 Å². The molecule has 0 bridgehead atoms. The maximum atomic E-state index is 6.03. The highest BCUT2D eigenvalue weighted by atomic mass is 28.4. The quantitative estimate of drug-likeness (QED) is 0.338. The first-order valence-electron chi connectivity index (χ1n) is 8.55. The van der Waals surface area contributed by atoms with Crippen molar-refractivity contribution in [2.75, 3.05) is 12.5 Å². The normalized spacial score (nSPS) is 13.7. The van der Waals surface area contributed by atoms with Crippen molar-refractivity contribution < 1.29 is 8.85 Å². The molecule has 0 aromatic carbocycles. The third-order valence-electron chi connectivity index (χ3n) is 2.95. The van der Waals surface area contributed by atoms with Gasteiger partial charge in [0, 0.05) is 12.5 Å². The van der Waals surface area contributed by atoms with Crippen molar-refractivity contribution in [3.05, 3.63) is 11.3 Å². The van der Waals surface area contributed by atoms with E-state index in [9.17, 15) is 0 Å². The molecular formula is C16H36O2Si4. The topological polar surface area (TPSA) is 18.5 Å². The summed E-state index contributed by atoms with van der Waals surface area (Å²) in [7, 11) is -0.929. The van der Waals surface area contributed by atoms with Crippen LogP contribution in [0.4, 0.5) is 0 Å². The zero-order valence-corrected chi connectivity index (χ0v) is 19.8. The second kappa shape index (κ2) is 12.0. The lowest BCUT2D eigenvalue weighted by molar-refractivity contribution is 0.379. The first kappa shape index (κ1) is 22.5. The van der Waals surface area contributed by atoms with Gasteiger partial charge in [-0.3, -0.25) is 0 Å². The fraction of sp³-hybridized carbons (Fsp3) is 0.875. The first-order chi connectivity index (χ1) is 10.1. The molecule has 2 nitrogen and oxygen atoms in total. The molecule has 0 heterocycles. The molecule has 0 unspecified atom stereocenters. The molecule has 6 heteroatoms. The van der Waals surface area contributed by atoms with Gasteiger partial charge in [-0.15, -0.1) is 0 Å². The summed E-state index contributed by atoms with van der Waals surface area (Å²) in [6.07, 6.45) is 9.60. The van der Waals surface area contributed by atoms with Gasteiger partial charge >= 0.3 is 0 Å². The van der Waals surface area contributed by atoms with Crippen molar-refractivity contribution in [1.29, 1.82) is 0 Å². The summed E-state index contributed by atoms with van der Waals surface area (Å²) in [5.74, 6) is 0. The maximum absolute atomic E-state index is 6.03. The summed E-state index contributed by atoms with van der Waals surface area (Å²) in [5, 5.41) is 1.63. The highest BCUT2D eigenvalue weighted by Gasteiger charge is 2.14. The van der Waals surface area contributed by atoms with Gasteiger partial charge in [0.1, 0.15) is 9.52 Å². The third kappa shape index (κ3) is 16.9. The van der Waals surface area contributed by atoms with Crippen LogP contribution in [0.2, 0.25) is 45.3 Å². The number of unbranched alkanes of at least 4 members (excludes halogenated alkanes) is 2. The minimum absolute atomic E-state index is 0.855. The number of hydrogen-bond donors (Lipinski definition) is 0. The van der Waals surface area contributed by atoms with Crippen molar-refractivity contribution >= 4 is 35.7 Å². The number of allylic oxidation sites excluding steroid dienone is 2. The van der Waals surface area contributed by atoms with E-state index >= 15 is 0 Å². The summed E-state index contributed by atoms with van der Waals surface area (Å²) >= 11 is 0. The molecule has 0 aliphatic heterocycles. The smallest absolute Gasteiger partial charge is 0.183 e. The Morgan fingerprint density at radius 2 is 1.50 bits per heavy atom. The van der Waals surface area contributed by atoms with Gasteiger partial charge in [0.15, 0.2) is 16.6 Å². The van der Waals surface area contributed by atoms with Crippen LogP contribution in [0.25, 0.3) is 0 Å². The Hall–Kier alpha value is 0.528. The van der Waals surface area contributed by atoms with E-state index < -0.39 is 16.6 Å². The average molecular weight is 373 g/mol. The molecular weight excluding hydrogens is 337 g/mol. The highest BCUT2D eigenvalue weighted by Crippen LogP contribution is 2.11. The van der Waals surface area contributed by atoms with E-state index in [1.807, 2.05) is 0 Å². The Morgan fingerprint density at radius 3 is 2.05 bits per heavy atom. The molecule has 0 spiro atoms. The molecule has 22 heavy (non-hydrogen) atoms. The molecule has 0 saturated heterocycles. The van der Waals surface area contributed by atoms with E-state index in [-0.39, 0.29) is 0 Å². The van der Waals surface area contributed by atoms with Crippen LogP contribution in [0, 0.1) is 0 Å². The van der Waals surface area contributed by atoms with Crippen molar-refractivity contribution in [2.45, 2.75) is 77.9 Å². The zero-order valence-electron chi connectivity index (χ0n) is 15.8. The number of rotatable bonds is 13.